The van der Waals surface area contributed by atoms with Gasteiger partial charge in [-0.3, -0.25) is 9.59 Å². The number of hydrogen-bond acceptors (Lipinski definition) is 4. The molecule has 0 atom stereocenters. The average Bonchev–Trinajstić information content (AvgIpc) is 2.81. The van der Waals surface area contributed by atoms with Gasteiger partial charge in [0.2, 0.25) is 0 Å². The van der Waals surface area contributed by atoms with Crippen LogP contribution in [0.15, 0.2) is 94.5 Å². The van der Waals surface area contributed by atoms with E-state index in [4.69, 9.17) is 23.2 Å². The largest absolute Gasteiger partial charge is 0.289 e. The summed E-state index contributed by atoms with van der Waals surface area (Å²) in [6.45, 7) is 0. The van der Waals surface area contributed by atoms with Crippen molar-refractivity contribution in [1.29, 1.82) is 0 Å². The van der Waals surface area contributed by atoms with E-state index in [1.54, 1.807) is 23.5 Å². The molecule has 2 aromatic heterocycles. The molecule has 0 fully saturated rings. The minimum absolute atomic E-state index is 0.0150. The number of halogens is 2. The summed E-state index contributed by atoms with van der Waals surface area (Å²) in [5.41, 5.74) is 0.124. The van der Waals surface area contributed by atoms with E-state index in [9.17, 15) is 9.59 Å². The molecular formula is C26H14Cl2O2S2. The van der Waals surface area contributed by atoms with Gasteiger partial charge in [0.15, 0.2) is 10.9 Å². The standard InChI is InChI=1S/C13H6Cl2OS.C13H8OS/c14-7-5-9-12(16)8-3-1-2-4-11(8)17-13(9)10(15)6-7;14-13-9-5-1-3-7-11(9)15-12-8-4-2-6-10(12)13/h1-6H;1-8H. The van der Waals surface area contributed by atoms with E-state index in [1.807, 2.05) is 72.8 Å². The maximum absolute atomic E-state index is 12.3. The topological polar surface area (TPSA) is 34.1 Å². The van der Waals surface area contributed by atoms with Crippen molar-refractivity contribution in [2.24, 2.45) is 0 Å². The highest BCUT2D eigenvalue weighted by Gasteiger charge is 2.09. The molecule has 0 aliphatic rings. The summed E-state index contributed by atoms with van der Waals surface area (Å²) in [6, 6.07) is 26.4. The smallest absolute Gasteiger partial charge is 0.195 e. The Morgan fingerprint density at radius 3 is 1.50 bits per heavy atom. The second-order valence-corrected chi connectivity index (χ2v) is 10.1. The van der Waals surface area contributed by atoms with Crippen LogP contribution in [0.1, 0.15) is 0 Å². The fourth-order valence-electron chi connectivity index (χ4n) is 3.58. The second-order valence-electron chi connectivity index (χ2n) is 7.12. The van der Waals surface area contributed by atoms with Gasteiger partial charge in [0, 0.05) is 40.7 Å². The molecule has 0 radical (unpaired) electrons. The fraction of sp³-hybridized carbons (Fsp3) is 0. The third kappa shape index (κ3) is 3.80. The highest BCUT2D eigenvalue weighted by molar-refractivity contribution is 7.25. The molecule has 6 aromatic rings. The Kier molecular flexibility index (Phi) is 5.70. The van der Waals surface area contributed by atoms with Gasteiger partial charge in [-0.05, 0) is 48.5 Å². The number of benzene rings is 4. The molecule has 0 spiro atoms. The van der Waals surface area contributed by atoms with Crippen LogP contribution in [0, 0.1) is 0 Å². The Labute approximate surface area is 200 Å². The van der Waals surface area contributed by atoms with Crippen molar-refractivity contribution in [1.82, 2.24) is 0 Å². The molecule has 0 amide bonds. The summed E-state index contributed by atoms with van der Waals surface area (Å²) in [5.74, 6) is 0. The minimum atomic E-state index is -0.0150. The predicted octanol–water partition coefficient (Wildman–Crippen LogP) is 8.14. The molecule has 0 aliphatic carbocycles. The van der Waals surface area contributed by atoms with Gasteiger partial charge in [0.05, 0.1) is 9.72 Å². The lowest BCUT2D eigenvalue weighted by molar-refractivity contribution is 1.74. The summed E-state index contributed by atoms with van der Waals surface area (Å²) < 4.78 is 3.84. The van der Waals surface area contributed by atoms with Crippen molar-refractivity contribution in [3.05, 3.63) is 115 Å². The maximum Gasteiger partial charge on any atom is 0.195 e. The quantitative estimate of drug-likeness (QED) is 0.200. The van der Waals surface area contributed by atoms with Crippen LogP contribution in [-0.2, 0) is 0 Å². The third-order valence-electron chi connectivity index (χ3n) is 5.08. The van der Waals surface area contributed by atoms with Crippen LogP contribution in [0.4, 0.5) is 0 Å². The summed E-state index contributed by atoms with van der Waals surface area (Å²) in [7, 11) is 0. The summed E-state index contributed by atoms with van der Waals surface area (Å²) in [5, 5.41) is 3.96. The van der Waals surface area contributed by atoms with Gasteiger partial charge < -0.3 is 0 Å². The Balaban J connectivity index is 0.000000136. The van der Waals surface area contributed by atoms with Gasteiger partial charge in [-0.1, -0.05) is 59.6 Å². The molecule has 4 aromatic carbocycles. The van der Waals surface area contributed by atoms with Crippen LogP contribution in [0.25, 0.3) is 40.3 Å². The zero-order valence-electron chi connectivity index (χ0n) is 16.5. The third-order valence-corrected chi connectivity index (χ3v) is 8.08. The first-order valence-corrected chi connectivity index (χ1v) is 12.1. The molecule has 0 saturated heterocycles. The maximum atomic E-state index is 12.3. The first-order valence-electron chi connectivity index (χ1n) is 9.74. The lowest BCUT2D eigenvalue weighted by atomic mass is 10.2. The van der Waals surface area contributed by atoms with Crippen molar-refractivity contribution >= 4 is 86.2 Å². The zero-order valence-corrected chi connectivity index (χ0v) is 19.6. The lowest BCUT2D eigenvalue weighted by Crippen LogP contribution is -2.00. The van der Waals surface area contributed by atoms with E-state index in [2.05, 4.69) is 0 Å². The minimum Gasteiger partial charge on any atom is -0.289 e. The van der Waals surface area contributed by atoms with Crippen molar-refractivity contribution in [2.75, 3.05) is 0 Å². The molecule has 0 N–H and O–H groups in total. The van der Waals surface area contributed by atoms with Crippen LogP contribution in [0.5, 0.6) is 0 Å². The van der Waals surface area contributed by atoms with Gasteiger partial charge in [-0.25, -0.2) is 0 Å². The summed E-state index contributed by atoms with van der Waals surface area (Å²) in [6.07, 6.45) is 0. The van der Waals surface area contributed by atoms with Gasteiger partial charge in [-0.15, -0.1) is 22.7 Å². The van der Waals surface area contributed by atoms with Gasteiger partial charge in [0.25, 0.3) is 0 Å². The summed E-state index contributed by atoms with van der Waals surface area (Å²) in [4.78, 5) is 24.4. The Bertz CT molecular complexity index is 1700. The zero-order chi connectivity index (χ0) is 22.2. The molecule has 0 bridgehead atoms. The van der Waals surface area contributed by atoms with E-state index in [0.717, 1.165) is 29.6 Å². The van der Waals surface area contributed by atoms with Crippen LogP contribution < -0.4 is 10.9 Å². The second kappa shape index (κ2) is 8.64. The molecule has 6 rings (SSSR count). The molecule has 32 heavy (non-hydrogen) atoms. The number of hydrogen-bond donors (Lipinski definition) is 0. The Hall–Kier alpha value is -2.76. The van der Waals surface area contributed by atoms with Crippen LogP contribution >= 0.6 is 45.9 Å². The van der Waals surface area contributed by atoms with E-state index >= 15 is 0 Å². The molecule has 0 aliphatic heterocycles. The van der Waals surface area contributed by atoms with E-state index in [1.165, 1.54) is 11.3 Å². The molecule has 0 saturated carbocycles. The van der Waals surface area contributed by atoms with Gasteiger partial charge in [0.1, 0.15) is 0 Å². The Morgan fingerprint density at radius 1 is 0.531 bits per heavy atom. The van der Waals surface area contributed by atoms with E-state index < -0.39 is 0 Å². The van der Waals surface area contributed by atoms with Crippen molar-refractivity contribution in [2.45, 2.75) is 0 Å². The molecule has 6 heteroatoms. The van der Waals surface area contributed by atoms with E-state index in [-0.39, 0.29) is 10.9 Å². The van der Waals surface area contributed by atoms with Gasteiger partial charge >= 0.3 is 0 Å². The first kappa shape index (κ1) is 21.1. The lowest BCUT2D eigenvalue weighted by Gasteiger charge is -2.03. The average molecular weight is 493 g/mol. The van der Waals surface area contributed by atoms with Gasteiger partial charge in [-0.2, -0.15) is 0 Å². The first-order chi connectivity index (χ1) is 15.5. The highest BCUT2D eigenvalue weighted by Crippen LogP contribution is 2.32. The van der Waals surface area contributed by atoms with Crippen LogP contribution in [0.3, 0.4) is 0 Å². The molecule has 156 valence electrons. The monoisotopic (exact) mass is 492 g/mol. The number of rotatable bonds is 0. The number of fused-ring (bicyclic) bond motifs is 4. The van der Waals surface area contributed by atoms with Crippen molar-refractivity contribution in [3.8, 4) is 0 Å². The normalized spacial score (nSPS) is 11.1. The molecular weight excluding hydrogens is 479 g/mol. The summed E-state index contributed by atoms with van der Waals surface area (Å²) >= 11 is 15.2. The molecule has 0 unspecified atom stereocenters. The molecule has 2 nitrogen and oxygen atoms in total. The SMILES string of the molecule is O=c1c2ccccc2sc2c(Cl)cc(Cl)cc12.O=c1c2ccccc2sc2ccccc12. The van der Waals surface area contributed by atoms with Crippen LogP contribution in [0.2, 0.25) is 10.0 Å². The van der Waals surface area contributed by atoms with Crippen molar-refractivity contribution < 1.29 is 0 Å². The fourth-order valence-corrected chi connectivity index (χ4v) is 6.32. The highest BCUT2D eigenvalue weighted by atomic mass is 35.5. The van der Waals surface area contributed by atoms with E-state index in [0.29, 0.717) is 20.8 Å². The molecule has 2 heterocycles. The Morgan fingerprint density at radius 2 is 0.969 bits per heavy atom. The predicted molar refractivity (Wildman–Crippen MR) is 141 cm³/mol. The van der Waals surface area contributed by atoms with Crippen molar-refractivity contribution in [3.63, 3.8) is 0 Å². The van der Waals surface area contributed by atoms with Crippen LogP contribution in [-0.4, -0.2) is 0 Å².